The van der Waals surface area contributed by atoms with Crippen molar-refractivity contribution in [1.29, 1.82) is 0 Å². The Hall–Kier alpha value is -3.36. The number of benzene rings is 2. The molecular weight excluding hydrogens is 376 g/mol. The second kappa shape index (κ2) is 11.5. The van der Waals surface area contributed by atoms with E-state index in [0.29, 0.717) is 17.0 Å². The second-order valence-corrected chi connectivity index (χ2v) is 6.12. The molecule has 0 bridgehead atoms. The maximum Gasteiger partial charge on any atom is 0.412 e. The molecule has 0 unspecified atom stereocenters. The number of ether oxygens (including phenoxy) is 2. The summed E-state index contributed by atoms with van der Waals surface area (Å²) in [6, 6.07) is 15.8. The van der Waals surface area contributed by atoms with Gasteiger partial charge in [-0.1, -0.05) is 49.4 Å². The van der Waals surface area contributed by atoms with Crippen LogP contribution in [0.1, 0.15) is 18.6 Å². The molecule has 0 saturated heterocycles. The quantitative estimate of drug-likeness (QED) is 0.292. The Balaban J connectivity index is 2.27. The average Bonchev–Trinajstić information content (AvgIpc) is 2.75. The molecule has 2 rings (SSSR count). The Morgan fingerprint density at radius 3 is 2.48 bits per heavy atom. The Bertz CT molecular complexity index is 825. The van der Waals surface area contributed by atoms with Gasteiger partial charge in [-0.25, -0.2) is 10.3 Å². The van der Waals surface area contributed by atoms with Gasteiger partial charge in [0, 0.05) is 23.2 Å². The van der Waals surface area contributed by atoms with E-state index in [1.807, 2.05) is 6.07 Å². The molecule has 29 heavy (non-hydrogen) atoms. The topological polar surface area (TPSA) is 117 Å². The summed E-state index contributed by atoms with van der Waals surface area (Å²) in [6.07, 6.45) is 1.18. The fraction of sp³-hybridized carbons (Fsp3) is 0.238. The van der Waals surface area contributed by atoms with Crippen molar-refractivity contribution in [1.82, 2.24) is 5.48 Å². The predicted molar refractivity (Wildman–Crippen MR) is 107 cm³/mol. The summed E-state index contributed by atoms with van der Waals surface area (Å²) in [6.45, 7) is 1.67. The van der Waals surface area contributed by atoms with Gasteiger partial charge in [-0.3, -0.25) is 15.3 Å². The highest BCUT2D eigenvalue weighted by molar-refractivity contribution is 5.86. The summed E-state index contributed by atoms with van der Waals surface area (Å²) < 4.78 is 11.2. The minimum atomic E-state index is -0.795. The lowest BCUT2D eigenvalue weighted by atomic mass is 9.96. The number of amides is 2. The molecule has 0 fully saturated rings. The average molecular weight is 400 g/mol. The maximum absolute atomic E-state index is 12.5. The molecule has 2 atom stereocenters. The number of hydrogen-bond donors (Lipinski definition) is 4. The highest BCUT2D eigenvalue weighted by atomic mass is 16.6. The third kappa shape index (κ3) is 6.95. The molecule has 0 spiro atoms. The van der Waals surface area contributed by atoms with Crippen LogP contribution in [0.15, 0.2) is 66.7 Å². The summed E-state index contributed by atoms with van der Waals surface area (Å²) in [5, 5.41) is 20.4. The number of carbonyl (C=O) groups is 2. The summed E-state index contributed by atoms with van der Waals surface area (Å²) in [5.74, 6) is -0.687. The van der Waals surface area contributed by atoms with Crippen LogP contribution in [0.5, 0.6) is 5.75 Å². The smallest absolute Gasteiger partial charge is 0.412 e. The number of nitrogens with one attached hydrogen (secondary N) is 2. The highest BCUT2D eigenvalue weighted by Crippen LogP contribution is 2.34. The van der Waals surface area contributed by atoms with Gasteiger partial charge >= 0.3 is 6.09 Å². The number of rotatable bonds is 9. The molecule has 0 aliphatic carbocycles. The minimum Gasteiger partial charge on any atom is -0.491 e. The fourth-order valence-electron chi connectivity index (χ4n) is 2.62. The Morgan fingerprint density at radius 1 is 1.10 bits per heavy atom. The van der Waals surface area contributed by atoms with Crippen LogP contribution in [0.2, 0.25) is 0 Å². The second-order valence-electron chi connectivity index (χ2n) is 6.12. The normalized spacial score (nSPS) is 12.8. The molecule has 2 aromatic carbocycles. The summed E-state index contributed by atoms with van der Waals surface area (Å²) in [7, 11) is 0. The number of aliphatic hydroxyl groups excluding tert-OH is 1. The van der Waals surface area contributed by atoms with Gasteiger partial charge in [-0.05, 0) is 18.2 Å². The molecule has 2 aromatic rings. The first-order valence-corrected chi connectivity index (χ1v) is 9.02. The Kier molecular flexibility index (Phi) is 8.68. The number of hydroxylamine groups is 1. The Morgan fingerprint density at radius 2 is 1.79 bits per heavy atom. The van der Waals surface area contributed by atoms with Crippen molar-refractivity contribution in [2.75, 3.05) is 18.5 Å². The van der Waals surface area contributed by atoms with Crippen LogP contribution in [0.3, 0.4) is 0 Å². The van der Waals surface area contributed by atoms with Crippen LogP contribution in [0.25, 0.3) is 0 Å². The van der Waals surface area contributed by atoms with Crippen molar-refractivity contribution in [2.24, 2.45) is 5.92 Å². The van der Waals surface area contributed by atoms with E-state index in [-0.39, 0.29) is 13.2 Å². The van der Waals surface area contributed by atoms with Crippen LogP contribution >= 0.6 is 0 Å². The third-order valence-corrected chi connectivity index (χ3v) is 3.97. The lowest BCUT2D eigenvalue weighted by molar-refractivity contribution is -0.124. The molecular formula is C21H24N2O6. The minimum absolute atomic E-state index is 0.0804. The molecule has 0 heterocycles. The van der Waals surface area contributed by atoms with Crippen molar-refractivity contribution >= 4 is 17.7 Å². The summed E-state index contributed by atoms with van der Waals surface area (Å²) >= 11 is 0. The predicted octanol–water partition coefficient (Wildman–Crippen LogP) is 3.05. The third-order valence-electron chi connectivity index (χ3n) is 3.97. The summed E-state index contributed by atoms with van der Waals surface area (Å²) in [5.41, 5.74) is 2.66. The molecule has 8 nitrogen and oxygen atoms in total. The molecule has 0 radical (unpaired) electrons. The number of carbonyl (C=O) groups excluding carboxylic acids is 2. The van der Waals surface area contributed by atoms with Crippen LogP contribution in [-0.4, -0.2) is 35.5 Å². The van der Waals surface area contributed by atoms with Gasteiger partial charge in [0.2, 0.25) is 0 Å². The largest absolute Gasteiger partial charge is 0.491 e. The van der Waals surface area contributed by atoms with E-state index >= 15 is 0 Å². The van der Waals surface area contributed by atoms with Crippen LogP contribution in [-0.2, 0) is 9.53 Å². The van der Waals surface area contributed by atoms with E-state index < -0.39 is 24.0 Å². The molecule has 154 valence electrons. The van der Waals surface area contributed by atoms with Crippen molar-refractivity contribution in [3.05, 3.63) is 72.3 Å². The van der Waals surface area contributed by atoms with Gasteiger partial charge in [-0.15, -0.1) is 0 Å². The van der Waals surface area contributed by atoms with Crippen LogP contribution in [0.4, 0.5) is 10.5 Å². The van der Waals surface area contributed by atoms with Crippen molar-refractivity contribution < 1.29 is 29.4 Å². The van der Waals surface area contributed by atoms with Crippen molar-refractivity contribution in [2.45, 2.75) is 13.0 Å². The van der Waals surface area contributed by atoms with E-state index in [0.717, 1.165) is 6.08 Å². The number of para-hydroxylation sites is 2. The Labute approximate surface area is 168 Å². The molecule has 2 amide bonds. The van der Waals surface area contributed by atoms with Crippen molar-refractivity contribution in [3.8, 4) is 5.75 Å². The molecule has 8 heteroatoms. The molecule has 0 aromatic heterocycles. The van der Waals surface area contributed by atoms with Crippen molar-refractivity contribution in [3.63, 3.8) is 0 Å². The highest BCUT2D eigenvalue weighted by Gasteiger charge is 2.25. The summed E-state index contributed by atoms with van der Waals surface area (Å²) in [4.78, 5) is 23.8. The maximum atomic E-state index is 12.5. The van der Waals surface area contributed by atoms with E-state index in [9.17, 15) is 9.59 Å². The number of aliphatic hydroxyl groups is 1. The lowest BCUT2D eigenvalue weighted by Crippen LogP contribution is -2.22. The van der Waals surface area contributed by atoms with Gasteiger partial charge in [0.15, 0.2) is 0 Å². The monoisotopic (exact) mass is 400 g/mol. The first kappa shape index (κ1) is 21.9. The van der Waals surface area contributed by atoms with Gasteiger partial charge in [0.1, 0.15) is 18.5 Å². The molecule has 4 N–H and O–H groups in total. The van der Waals surface area contributed by atoms with Crippen LogP contribution < -0.4 is 15.5 Å². The van der Waals surface area contributed by atoms with Gasteiger partial charge in [-0.2, -0.15) is 0 Å². The first-order valence-electron chi connectivity index (χ1n) is 9.02. The van der Waals surface area contributed by atoms with Gasteiger partial charge < -0.3 is 14.6 Å². The van der Waals surface area contributed by atoms with E-state index in [2.05, 4.69) is 5.32 Å². The molecule has 0 aliphatic rings. The zero-order valence-electron chi connectivity index (χ0n) is 15.9. The van der Waals surface area contributed by atoms with E-state index in [4.69, 9.17) is 19.8 Å². The number of hydrogen-bond acceptors (Lipinski definition) is 6. The molecule has 0 saturated carbocycles. The first-order chi connectivity index (χ1) is 14.0. The number of anilines is 1. The van der Waals surface area contributed by atoms with Crippen LogP contribution in [0, 0.1) is 5.92 Å². The van der Waals surface area contributed by atoms with E-state index in [1.54, 1.807) is 55.5 Å². The van der Waals surface area contributed by atoms with E-state index in [1.165, 1.54) is 11.6 Å². The molecule has 0 aliphatic heterocycles. The van der Waals surface area contributed by atoms with Gasteiger partial charge in [0.25, 0.3) is 5.91 Å². The fourth-order valence-corrected chi connectivity index (χ4v) is 2.62. The van der Waals surface area contributed by atoms with Gasteiger partial charge in [0.05, 0.1) is 6.61 Å². The SMILES string of the molecule is C[C@@H](/C=C/C(=O)NO)[C@H](OC(=O)Nc1ccccc1)c1ccccc1OCCO. The standard InChI is InChI=1S/C21H24N2O6/c1-15(11-12-19(25)23-27)20(17-9-5-6-10-18(17)28-14-13-24)29-21(26)22-16-7-3-2-4-8-16/h2-12,15,20,24,27H,13-14H2,1H3,(H,22,26)(H,23,25)/b12-11+/t15-,20-/m0/s1. The lowest BCUT2D eigenvalue weighted by Gasteiger charge is -2.24. The zero-order chi connectivity index (χ0) is 21.1. The zero-order valence-corrected chi connectivity index (χ0v) is 15.9.